The lowest BCUT2D eigenvalue weighted by molar-refractivity contribution is 0.0998. The highest BCUT2D eigenvalue weighted by Crippen LogP contribution is 2.33. The Hall–Kier alpha value is -2.91. The van der Waals surface area contributed by atoms with Gasteiger partial charge in [0.05, 0.1) is 35.1 Å². The number of ether oxygens (including phenoxy) is 2. The molecule has 0 atom stereocenters. The second-order valence-corrected chi connectivity index (χ2v) is 9.59. The highest BCUT2D eigenvalue weighted by molar-refractivity contribution is 7.91. The van der Waals surface area contributed by atoms with E-state index in [4.69, 9.17) is 9.47 Å². The summed E-state index contributed by atoms with van der Waals surface area (Å²) in [5, 5.41) is 0. The van der Waals surface area contributed by atoms with Crippen molar-refractivity contribution in [3.8, 4) is 11.5 Å². The maximum atomic E-state index is 12.7. The van der Waals surface area contributed by atoms with Gasteiger partial charge >= 0.3 is 0 Å². The molecule has 0 aliphatic carbocycles. The SMILES string of the molecule is C=CCn1c(=NC(=O)c2ccc(S(=O)(=O)CC)cc2)sc2cc(OC)c(OC)cc21. The summed E-state index contributed by atoms with van der Waals surface area (Å²) >= 11 is 1.34. The number of methoxy groups -OCH3 is 2. The lowest BCUT2D eigenvalue weighted by Gasteiger charge is -2.08. The molecule has 0 N–H and O–H groups in total. The van der Waals surface area contributed by atoms with Gasteiger partial charge in [-0.3, -0.25) is 4.79 Å². The summed E-state index contributed by atoms with van der Waals surface area (Å²) in [7, 11) is -0.201. The predicted molar refractivity (Wildman–Crippen MR) is 117 cm³/mol. The zero-order valence-electron chi connectivity index (χ0n) is 16.9. The average molecular weight is 447 g/mol. The Bertz CT molecular complexity index is 1270. The van der Waals surface area contributed by atoms with Crippen LogP contribution in [-0.4, -0.2) is 38.9 Å². The molecule has 7 nitrogen and oxygen atoms in total. The van der Waals surface area contributed by atoms with Gasteiger partial charge in [0.2, 0.25) is 0 Å². The van der Waals surface area contributed by atoms with Crippen LogP contribution in [0.25, 0.3) is 10.2 Å². The van der Waals surface area contributed by atoms with Crippen molar-refractivity contribution >= 4 is 37.3 Å². The van der Waals surface area contributed by atoms with Crippen LogP contribution in [0.15, 0.2) is 58.9 Å². The van der Waals surface area contributed by atoms with Crippen molar-refractivity contribution in [1.82, 2.24) is 4.57 Å². The van der Waals surface area contributed by atoms with Crippen LogP contribution in [0.2, 0.25) is 0 Å². The van der Waals surface area contributed by atoms with E-state index in [1.807, 2.05) is 16.7 Å². The molecular formula is C21H22N2O5S2. The summed E-state index contributed by atoms with van der Waals surface area (Å²) in [4.78, 5) is 17.7. The third kappa shape index (κ3) is 4.17. The number of hydrogen-bond acceptors (Lipinski definition) is 6. The molecule has 1 heterocycles. The smallest absolute Gasteiger partial charge is 0.279 e. The zero-order valence-corrected chi connectivity index (χ0v) is 18.5. The van der Waals surface area contributed by atoms with Gasteiger partial charge in [-0.2, -0.15) is 4.99 Å². The van der Waals surface area contributed by atoms with Gasteiger partial charge in [-0.05, 0) is 24.3 Å². The topological polar surface area (TPSA) is 87.0 Å². The minimum absolute atomic E-state index is 0.000923. The molecule has 0 saturated heterocycles. The van der Waals surface area contributed by atoms with Gasteiger partial charge in [-0.15, -0.1) is 6.58 Å². The van der Waals surface area contributed by atoms with Crippen LogP contribution in [0.4, 0.5) is 0 Å². The lowest BCUT2D eigenvalue weighted by Crippen LogP contribution is -2.16. The number of aromatic nitrogens is 1. The maximum absolute atomic E-state index is 12.7. The molecule has 30 heavy (non-hydrogen) atoms. The summed E-state index contributed by atoms with van der Waals surface area (Å²) in [5.41, 5.74) is 1.15. The van der Waals surface area contributed by atoms with Crippen LogP contribution < -0.4 is 14.3 Å². The third-order valence-corrected chi connectivity index (χ3v) is 7.33. The Morgan fingerprint density at radius 3 is 2.37 bits per heavy atom. The number of carbonyl (C=O) groups excluding carboxylic acids is 1. The fraction of sp³-hybridized carbons (Fsp3) is 0.238. The summed E-state index contributed by atoms with van der Waals surface area (Å²) in [6.07, 6.45) is 1.72. The highest BCUT2D eigenvalue weighted by atomic mass is 32.2. The molecule has 0 unspecified atom stereocenters. The van der Waals surface area contributed by atoms with E-state index in [2.05, 4.69) is 11.6 Å². The summed E-state index contributed by atoms with van der Waals surface area (Å²) in [5.74, 6) is 0.702. The quantitative estimate of drug-likeness (QED) is 0.519. The lowest BCUT2D eigenvalue weighted by atomic mass is 10.2. The van der Waals surface area contributed by atoms with Crippen molar-refractivity contribution in [2.45, 2.75) is 18.4 Å². The standard InChI is InChI=1S/C21H22N2O5S2/c1-5-11-23-16-12-17(27-3)18(28-4)13-19(16)29-21(23)22-20(24)14-7-9-15(10-8-14)30(25,26)6-2/h5,7-10,12-13H,1,6,11H2,2-4H3. The number of allylic oxidation sites excluding steroid dienone is 1. The molecule has 2 aromatic carbocycles. The van der Waals surface area contributed by atoms with Crippen molar-refractivity contribution in [3.63, 3.8) is 0 Å². The minimum Gasteiger partial charge on any atom is -0.493 e. The van der Waals surface area contributed by atoms with E-state index < -0.39 is 15.7 Å². The molecule has 0 radical (unpaired) electrons. The molecular weight excluding hydrogens is 424 g/mol. The van der Waals surface area contributed by atoms with Crippen LogP contribution in [0, 0.1) is 0 Å². The van der Waals surface area contributed by atoms with Crippen molar-refractivity contribution < 1.29 is 22.7 Å². The second kappa shape index (κ2) is 8.85. The number of nitrogens with zero attached hydrogens (tertiary/aromatic N) is 2. The van der Waals surface area contributed by atoms with Crippen LogP contribution in [0.3, 0.4) is 0 Å². The Morgan fingerprint density at radius 2 is 1.80 bits per heavy atom. The number of hydrogen-bond donors (Lipinski definition) is 0. The molecule has 158 valence electrons. The van der Waals surface area contributed by atoms with E-state index in [1.165, 1.54) is 35.6 Å². The van der Waals surface area contributed by atoms with Crippen molar-refractivity contribution in [2.24, 2.45) is 4.99 Å². The number of fused-ring (bicyclic) bond motifs is 1. The Morgan fingerprint density at radius 1 is 1.17 bits per heavy atom. The molecule has 3 aromatic rings. The van der Waals surface area contributed by atoms with Crippen molar-refractivity contribution in [3.05, 3.63) is 59.4 Å². The molecule has 1 aromatic heterocycles. The molecule has 0 bridgehead atoms. The first-order chi connectivity index (χ1) is 14.3. The van der Waals surface area contributed by atoms with E-state index >= 15 is 0 Å². The van der Waals surface area contributed by atoms with E-state index in [1.54, 1.807) is 27.2 Å². The minimum atomic E-state index is -3.32. The Labute approximate surface area is 178 Å². The monoisotopic (exact) mass is 446 g/mol. The normalized spacial score (nSPS) is 12.2. The van der Waals surface area contributed by atoms with Gasteiger partial charge in [0, 0.05) is 24.2 Å². The fourth-order valence-electron chi connectivity index (χ4n) is 2.91. The van der Waals surface area contributed by atoms with Gasteiger partial charge in [0.25, 0.3) is 5.91 Å². The second-order valence-electron chi connectivity index (χ2n) is 6.30. The van der Waals surface area contributed by atoms with Crippen LogP contribution in [0.1, 0.15) is 17.3 Å². The average Bonchev–Trinajstić information content (AvgIpc) is 3.08. The number of benzene rings is 2. The van der Waals surface area contributed by atoms with E-state index in [-0.39, 0.29) is 10.6 Å². The fourth-order valence-corrected chi connectivity index (χ4v) is 4.84. The van der Waals surface area contributed by atoms with Crippen LogP contribution >= 0.6 is 11.3 Å². The molecule has 0 saturated carbocycles. The first kappa shape index (κ1) is 21.8. The predicted octanol–water partition coefficient (Wildman–Crippen LogP) is 3.44. The van der Waals surface area contributed by atoms with E-state index in [0.717, 1.165) is 10.2 Å². The molecule has 9 heteroatoms. The molecule has 3 rings (SSSR count). The van der Waals surface area contributed by atoms with Crippen LogP contribution in [-0.2, 0) is 16.4 Å². The largest absolute Gasteiger partial charge is 0.493 e. The Kier molecular flexibility index (Phi) is 6.42. The number of rotatable bonds is 7. The first-order valence-corrected chi connectivity index (χ1v) is 11.6. The number of carbonyl (C=O) groups is 1. The molecule has 1 amide bonds. The Balaban J connectivity index is 2.09. The van der Waals surface area contributed by atoms with E-state index in [9.17, 15) is 13.2 Å². The van der Waals surface area contributed by atoms with Crippen molar-refractivity contribution in [1.29, 1.82) is 0 Å². The van der Waals surface area contributed by atoms with Gasteiger partial charge < -0.3 is 14.0 Å². The number of sulfone groups is 1. The molecule has 0 spiro atoms. The van der Waals surface area contributed by atoms with Gasteiger partial charge in [0.15, 0.2) is 26.1 Å². The number of thiazole rings is 1. The highest BCUT2D eigenvalue weighted by Gasteiger charge is 2.15. The summed E-state index contributed by atoms with van der Waals surface area (Å²) < 4.78 is 37.4. The number of amides is 1. The summed E-state index contributed by atoms with van der Waals surface area (Å²) in [6.45, 7) is 5.81. The van der Waals surface area contributed by atoms with Crippen molar-refractivity contribution in [2.75, 3.05) is 20.0 Å². The van der Waals surface area contributed by atoms with Gasteiger partial charge in [-0.25, -0.2) is 8.42 Å². The first-order valence-electron chi connectivity index (χ1n) is 9.12. The third-order valence-electron chi connectivity index (χ3n) is 4.54. The van der Waals surface area contributed by atoms with Gasteiger partial charge in [0.1, 0.15) is 0 Å². The molecule has 0 aliphatic rings. The van der Waals surface area contributed by atoms with Crippen LogP contribution in [0.5, 0.6) is 11.5 Å². The van der Waals surface area contributed by atoms with Gasteiger partial charge in [-0.1, -0.05) is 24.3 Å². The molecule has 0 fully saturated rings. The maximum Gasteiger partial charge on any atom is 0.279 e. The zero-order chi connectivity index (χ0) is 21.9. The van der Waals surface area contributed by atoms with E-state index in [0.29, 0.717) is 28.4 Å². The molecule has 0 aliphatic heterocycles. The summed E-state index contributed by atoms with van der Waals surface area (Å²) in [6, 6.07) is 9.49.